The summed E-state index contributed by atoms with van der Waals surface area (Å²) >= 11 is 0. The topological polar surface area (TPSA) is 134 Å². The average Bonchev–Trinajstić information content (AvgIpc) is 3.16. The second-order valence-corrected chi connectivity index (χ2v) is 13.5. The van der Waals surface area contributed by atoms with E-state index in [2.05, 4.69) is 16.0 Å². The largest absolute Gasteiger partial charge is 0.368 e. The first-order valence-corrected chi connectivity index (χ1v) is 17.6. The Bertz CT molecular complexity index is 2010. The minimum Gasteiger partial charge on any atom is -0.368 e. The van der Waals surface area contributed by atoms with Gasteiger partial charge in [0.15, 0.2) is 0 Å². The lowest BCUT2D eigenvalue weighted by molar-refractivity contribution is -0.141. The highest BCUT2D eigenvalue weighted by Gasteiger charge is 2.34. The van der Waals surface area contributed by atoms with Gasteiger partial charge in [0.1, 0.15) is 18.1 Å². The van der Waals surface area contributed by atoms with E-state index in [1.165, 1.54) is 4.90 Å². The highest BCUT2D eigenvalue weighted by atomic mass is 16.2. The van der Waals surface area contributed by atoms with Crippen molar-refractivity contribution in [3.8, 4) is 0 Å². The van der Waals surface area contributed by atoms with Crippen LogP contribution in [0.1, 0.15) is 29.5 Å². The summed E-state index contributed by atoms with van der Waals surface area (Å²) in [6, 6.07) is 34.3. The zero-order chi connectivity index (χ0) is 35.7. The summed E-state index contributed by atoms with van der Waals surface area (Å²) in [5.74, 6) is -1.96. The van der Waals surface area contributed by atoms with E-state index >= 15 is 0 Å². The molecule has 4 amide bonds. The number of nitrogens with two attached hydrogens (primary N) is 1. The number of rotatable bonds is 13. The number of piperidine rings is 1. The Morgan fingerprint density at radius 3 is 1.76 bits per heavy atom. The Morgan fingerprint density at radius 2 is 1.20 bits per heavy atom. The Labute approximate surface area is 298 Å². The number of amides is 4. The number of likely N-dealkylation sites (N-methyl/N-ethyl adjacent to an activating group) is 1. The fourth-order valence-electron chi connectivity index (χ4n) is 6.92. The van der Waals surface area contributed by atoms with Crippen molar-refractivity contribution < 1.29 is 19.2 Å². The molecule has 1 saturated heterocycles. The molecule has 1 fully saturated rings. The number of nitrogens with one attached hydrogen (secondary N) is 3. The molecule has 1 heterocycles. The second-order valence-electron chi connectivity index (χ2n) is 13.5. The molecular formula is C42H45N5O4. The highest BCUT2D eigenvalue weighted by molar-refractivity contribution is 5.95. The third-order valence-corrected chi connectivity index (χ3v) is 9.88. The van der Waals surface area contributed by atoms with Gasteiger partial charge < -0.3 is 26.6 Å². The normalized spacial score (nSPS) is 15.1. The van der Waals surface area contributed by atoms with Crippen molar-refractivity contribution >= 4 is 45.2 Å². The molecule has 5 N–H and O–H groups in total. The van der Waals surface area contributed by atoms with E-state index in [0.29, 0.717) is 12.8 Å². The molecule has 3 atom stereocenters. The molecule has 0 saturated carbocycles. The van der Waals surface area contributed by atoms with Crippen LogP contribution in [0.3, 0.4) is 0 Å². The lowest BCUT2D eigenvalue weighted by atomic mass is 9.95. The van der Waals surface area contributed by atoms with Gasteiger partial charge in [0, 0.05) is 32.2 Å². The van der Waals surface area contributed by atoms with Crippen LogP contribution in [-0.2, 0) is 38.4 Å². The lowest BCUT2D eigenvalue weighted by Crippen LogP contribution is -2.58. The minimum absolute atomic E-state index is 0.168. The predicted octanol–water partition coefficient (Wildman–Crippen LogP) is 4.30. The number of carbonyl (C=O) groups is 4. The van der Waals surface area contributed by atoms with Crippen LogP contribution in [0.2, 0.25) is 0 Å². The third-order valence-electron chi connectivity index (χ3n) is 9.88. The van der Waals surface area contributed by atoms with Crippen LogP contribution in [0.4, 0.5) is 0 Å². The van der Waals surface area contributed by atoms with Gasteiger partial charge in [-0.3, -0.25) is 19.2 Å². The summed E-state index contributed by atoms with van der Waals surface area (Å²) in [4.78, 5) is 56.4. The maximum Gasteiger partial charge on any atom is 0.245 e. The molecule has 51 heavy (non-hydrogen) atoms. The Hall–Kier alpha value is -5.54. The number of benzene rings is 5. The molecule has 6 rings (SSSR count). The van der Waals surface area contributed by atoms with E-state index in [-0.39, 0.29) is 31.1 Å². The first-order valence-electron chi connectivity index (χ1n) is 17.6. The van der Waals surface area contributed by atoms with Gasteiger partial charge >= 0.3 is 0 Å². The maximum atomic E-state index is 14.4. The van der Waals surface area contributed by atoms with Gasteiger partial charge in [0.2, 0.25) is 23.6 Å². The molecule has 9 nitrogen and oxygen atoms in total. The van der Waals surface area contributed by atoms with Crippen LogP contribution in [0.25, 0.3) is 21.5 Å². The summed E-state index contributed by atoms with van der Waals surface area (Å²) < 4.78 is 0. The van der Waals surface area contributed by atoms with Crippen molar-refractivity contribution in [2.75, 3.05) is 20.1 Å². The van der Waals surface area contributed by atoms with Crippen LogP contribution in [-0.4, -0.2) is 66.8 Å². The van der Waals surface area contributed by atoms with Crippen LogP contribution >= 0.6 is 0 Å². The first kappa shape index (κ1) is 35.3. The highest BCUT2D eigenvalue weighted by Crippen LogP contribution is 2.20. The third kappa shape index (κ3) is 8.98. The van der Waals surface area contributed by atoms with Crippen molar-refractivity contribution in [1.29, 1.82) is 0 Å². The Balaban J connectivity index is 1.30. The molecule has 5 aromatic rings. The van der Waals surface area contributed by atoms with Crippen LogP contribution < -0.4 is 21.7 Å². The van der Waals surface area contributed by atoms with Gasteiger partial charge in [-0.15, -0.1) is 0 Å². The van der Waals surface area contributed by atoms with Crippen molar-refractivity contribution in [2.24, 2.45) is 11.7 Å². The molecule has 9 heteroatoms. The summed E-state index contributed by atoms with van der Waals surface area (Å²) in [6.45, 7) is 1.47. The van der Waals surface area contributed by atoms with Gasteiger partial charge in [-0.05, 0) is 64.2 Å². The zero-order valence-electron chi connectivity index (χ0n) is 28.9. The quantitative estimate of drug-likeness (QED) is 0.147. The summed E-state index contributed by atoms with van der Waals surface area (Å²) in [5.41, 5.74) is 8.44. The molecule has 262 valence electrons. The van der Waals surface area contributed by atoms with E-state index in [1.807, 2.05) is 115 Å². The van der Waals surface area contributed by atoms with Gasteiger partial charge in [0.05, 0.1) is 0 Å². The molecule has 1 aliphatic rings. The van der Waals surface area contributed by atoms with Crippen molar-refractivity contribution in [2.45, 2.75) is 50.2 Å². The molecule has 0 bridgehead atoms. The van der Waals surface area contributed by atoms with Crippen molar-refractivity contribution in [3.63, 3.8) is 0 Å². The van der Waals surface area contributed by atoms with Crippen molar-refractivity contribution in [3.05, 3.63) is 132 Å². The number of nitrogens with zero attached hydrogens (tertiary/aromatic N) is 1. The average molecular weight is 684 g/mol. The number of carbonyl (C=O) groups excluding carboxylic acids is 4. The minimum atomic E-state index is -1.05. The number of fused-ring (bicyclic) bond motifs is 2. The molecule has 0 spiro atoms. The zero-order valence-corrected chi connectivity index (χ0v) is 28.9. The Kier molecular flexibility index (Phi) is 11.4. The van der Waals surface area contributed by atoms with Gasteiger partial charge in [-0.2, -0.15) is 0 Å². The van der Waals surface area contributed by atoms with E-state index in [9.17, 15) is 19.2 Å². The maximum absolute atomic E-state index is 14.4. The molecule has 0 aliphatic carbocycles. The summed E-state index contributed by atoms with van der Waals surface area (Å²) in [6.07, 6.45) is 1.99. The van der Waals surface area contributed by atoms with Crippen LogP contribution in [0.15, 0.2) is 115 Å². The lowest BCUT2D eigenvalue weighted by Gasteiger charge is -2.31. The standard InChI is InChI=1S/C42H45N5O4/c1-47(38(39(43)48)27-28-9-3-2-4-10-28)42(51)37(26-30-16-18-32-12-6-8-14-35(32)24-30)46-41(50)36(45-40(49)33-19-21-44-22-20-33)25-29-15-17-31-11-5-7-13-34(31)23-29/h2-18,23-24,33,36-38,44H,19-22,25-27H2,1H3,(H2,43,48)(H,45,49)(H,46,50)/t36-,37-,38+/m1/s1. The van der Waals surface area contributed by atoms with Gasteiger partial charge in [-0.25, -0.2) is 0 Å². The first-order chi connectivity index (χ1) is 24.7. The van der Waals surface area contributed by atoms with Crippen molar-refractivity contribution in [1.82, 2.24) is 20.9 Å². The predicted molar refractivity (Wildman–Crippen MR) is 201 cm³/mol. The van der Waals surface area contributed by atoms with Crippen LogP contribution in [0.5, 0.6) is 0 Å². The van der Waals surface area contributed by atoms with E-state index in [4.69, 9.17) is 5.73 Å². The molecule has 0 radical (unpaired) electrons. The van der Waals surface area contributed by atoms with Crippen LogP contribution in [0, 0.1) is 5.92 Å². The van der Waals surface area contributed by atoms with E-state index in [1.54, 1.807) is 7.05 Å². The second kappa shape index (κ2) is 16.4. The van der Waals surface area contributed by atoms with Gasteiger partial charge in [0.25, 0.3) is 0 Å². The smallest absolute Gasteiger partial charge is 0.245 e. The van der Waals surface area contributed by atoms with E-state index in [0.717, 1.165) is 51.3 Å². The fraction of sp³-hybridized carbons (Fsp3) is 0.286. The SMILES string of the molecule is CN(C(=O)[C@@H](Cc1ccc2ccccc2c1)NC(=O)[C@@H](Cc1ccc2ccccc2c1)NC(=O)C1CCNCC1)[C@@H](Cc1ccccc1)C(N)=O. The molecule has 5 aromatic carbocycles. The molecule has 0 aromatic heterocycles. The summed E-state index contributed by atoms with van der Waals surface area (Å²) in [7, 11) is 1.55. The van der Waals surface area contributed by atoms with Gasteiger partial charge in [-0.1, -0.05) is 115 Å². The number of hydrogen-bond acceptors (Lipinski definition) is 5. The molecule has 1 aliphatic heterocycles. The number of primary amides is 1. The monoisotopic (exact) mass is 683 g/mol. The molecule has 0 unspecified atom stereocenters. The Morgan fingerprint density at radius 1 is 0.667 bits per heavy atom. The summed E-state index contributed by atoms with van der Waals surface area (Å²) in [5, 5.41) is 13.5. The number of hydrogen-bond donors (Lipinski definition) is 4. The fourth-order valence-corrected chi connectivity index (χ4v) is 6.92. The van der Waals surface area contributed by atoms with E-state index < -0.39 is 35.8 Å². The molecular weight excluding hydrogens is 638 g/mol.